The first-order chi connectivity index (χ1) is 8.77. The molecule has 0 aromatic carbocycles. The summed E-state index contributed by atoms with van der Waals surface area (Å²) >= 11 is 2.10. The van der Waals surface area contributed by atoms with Crippen molar-refractivity contribution in [2.75, 3.05) is 25.4 Å². The van der Waals surface area contributed by atoms with Crippen LogP contribution in [-0.4, -0.2) is 47.5 Å². The predicted octanol–water partition coefficient (Wildman–Crippen LogP) is 1.73. The van der Waals surface area contributed by atoms with Crippen molar-refractivity contribution in [1.82, 2.24) is 10.2 Å². The SMILES string of the molecule is CC(C(=O)N1CCSC2CCCCC21)C1CNC1. The first kappa shape index (κ1) is 12.8. The van der Waals surface area contributed by atoms with Crippen LogP contribution in [0.4, 0.5) is 0 Å². The van der Waals surface area contributed by atoms with Gasteiger partial charge in [-0.3, -0.25) is 4.79 Å². The molecule has 0 radical (unpaired) electrons. The summed E-state index contributed by atoms with van der Waals surface area (Å²) in [6, 6.07) is 0.542. The van der Waals surface area contributed by atoms with Gasteiger partial charge >= 0.3 is 0 Å². The molecule has 3 atom stereocenters. The number of hydrogen-bond acceptors (Lipinski definition) is 3. The Labute approximate surface area is 114 Å². The molecular formula is C14H24N2OS. The summed E-state index contributed by atoms with van der Waals surface area (Å²) in [6.45, 7) is 5.18. The smallest absolute Gasteiger partial charge is 0.226 e. The molecule has 2 saturated heterocycles. The fraction of sp³-hybridized carbons (Fsp3) is 0.929. The second-order valence-corrected chi connectivity index (χ2v) is 7.35. The molecule has 3 rings (SSSR count). The van der Waals surface area contributed by atoms with Crippen molar-refractivity contribution in [2.45, 2.75) is 43.9 Å². The van der Waals surface area contributed by atoms with Crippen molar-refractivity contribution in [3.05, 3.63) is 0 Å². The van der Waals surface area contributed by atoms with E-state index in [1.54, 1.807) is 0 Å². The summed E-state index contributed by atoms with van der Waals surface area (Å²) in [5.74, 6) is 2.37. The largest absolute Gasteiger partial charge is 0.338 e. The van der Waals surface area contributed by atoms with E-state index in [-0.39, 0.29) is 5.92 Å². The first-order valence-corrected chi connectivity index (χ1v) is 8.45. The maximum Gasteiger partial charge on any atom is 0.226 e. The fourth-order valence-electron chi connectivity index (χ4n) is 3.50. The summed E-state index contributed by atoms with van der Waals surface area (Å²) in [6.07, 6.45) is 5.22. The predicted molar refractivity (Wildman–Crippen MR) is 75.7 cm³/mol. The van der Waals surface area contributed by atoms with E-state index in [2.05, 4.69) is 28.9 Å². The minimum Gasteiger partial charge on any atom is -0.338 e. The van der Waals surface area contributed by atoms with E-state index in [9.17, 15) is 4.79 Å². The van der Waals surface area contributed by atoms with E-state index >= 15 is 0 Å². The summed E-state index contributed by atoms with van der Waals surface area (Å²) < 4.78 is 0. The topological polar surface area (TPSA) is 32.3 Å². The zero-order chi connectivity index (χ0) is 12.5. The minimum absolute atomic E-state index is 0.219. The van der Waals surface area contributed by atoms with E-state index in [1.807, 2.05) is 0 Å². The number of nitrogens with one attached hydrogen (secondary N) is 1. The Balaban J connectivity index is 1.67. The molecule has 1 amide bonds. The van der Waals surface area contributed by atoms with Crippen molar-refractivity contribution < 1.29 is 4.79 Å². The van der Waals surface area contributed by atoms with Gasteiger partial charge in [-0.25, -0.2) is 0 Å². The third kappa shape index (κ3) is 2.29. The third-order valence-electron chi connectivity index (χ3n) is 4.92. The summed E-state index contributed by atoms with van der Waals surface area (Å²) in [5, 5.41) is 4.01. The lowest BCUT2D eigenvalue weighted by Gasteiger charge is -2.46. The number of thioether (sulfide) groups is 1. The number of amides is 1. The van der Waals surface area contributed by atoms with Crippen molar-refractivity contribution in [3.63, 3.8) is 0 Å². The molecule has 2 aliphatic heterocycles. The second-order valence-electron chi connectivity index (χ2n) is 6.00. The van der Waals surface area contributed by atoms with Gasteiger partial charge in [0.1, 0.15) is 0 Å². The molecule has 0 bridgehead atoms. The standard InChI is InChI=1S/C14H24N2OS/c1-10(11-8-15-9-11)14(17)16-6-7-18-13-5-3-2-4-12(13)16/h10-13,15H,2-9H2,1H3. The van der Waals surface area contributed by atoms with Gasteiger partial charge < -0.3 is 10.2 Å². The highest BCUT2D eigenvalue weighted by molar-refractivity contribution is 8.00. The van der Waals surface area contributed by atoms with Crippen LogP contribution in [-0.2, 0) is 4.79 Å². The van der Waals surface area contributed by atoms with Crippen molar-refractivity contribution in [3.8, 4) is 0 Å². The molecule has 3 fully saturated rings. The maximum atomic E-state index is 12.7. The summed E-state index contributed by atoms with van der Waals surface area (Å²) in [7, 11) is 0. The minimum atomic E-state index is 0.219. The number of carbonyl (C=O) groups excluding carboxylic acids is 1. The van der Waals surface area contributed by atoms with E-state index in [1.165, 1.54) is 25.7 Å². The van der Waals surface area contributed by atoms with Crippen LogP contribution in [0.15, 0.2) is 0 Å². The highest BCUT2D eigenvalue weighted by Crippen LogP contribution is 2.36. The van der Waals surface area contributed by atoms with Gasteiger partial charge in [-0.15, -0.1) is 0 Å². The van der Waals surface area contributed by atoms with Crippen LogP contribution in [0.25, 0.3) is 0 Å². The molecule has 102 valence electrons. The van der Waals surface area contributed by atoms with Gasteiger partial charge in [0.25, 0.3) is 0 Å². The lowest BCUT2D eigenvalue weighted by Crippen LogP contribution is -2.56. The Bertz CT molecular complexity index is 317. The van der Waals surface area contributed by atoms with Gasteiger partial charge in [-0.1, -0.05) is 19.8 Å². The zero-order valence-electron chi connectivity index (χ0n) is 11.2. The van der Waals surface area contributed by atoms with Crippen LogP contribution in [0.1, 0.15) is 32.6 Å². The molecule has 0 aromatic heterocycles. The number of carbonyl (C=O) groups is 1. The lowest BCUT2D eigenvalue weighted by atomic mass is 9.86. The van der Waals surface area contributed by atoms with Crippen molar-refractivity contribution in [2.24, 2.45) is 11.8 Å². The number of nitrogens with zero attached hydrogens (tertiary/aromatic N) is 1. The van der Waals surface area contributed by atoms with Crippen LogP contribution in [0.2, 0.25) is 0 Å². The van der Waals surface area contributed by atoms with E-state index in [0.717, 1.165) is 30.6 Å². The molecule has 1 saturated carbocycles. The average Bonchev–Trinajstić information content (AvgIpc) is 2.35. The molecular weight excluding hydrogens is 244 g/mol. The van der Waals surface area contributed by atoms with Crippen LogP contribution in [0, 0.1) is 11.8 Å². The molecule has 1 N–H and O–H groups in total. The monoisotopic (exact) mass is 268 g/mol. The van der Waals surface area contributed by atoms with E-state index in [4.69, 9.17) is 0 Å². The first-order valence-electron chi connectivity index (χ1n) is 7.40. The second kappa shape index (κ2) is 5.41. The molecule has 18 heavy (non-hydrogen) atoms. The average molecular weight is 268 g/mol. The molecule has 3 aliphatic rings. The van der Waals surface area contributed by atoms with Crippen LogP contribution < -0.4 is 5.32 Å². The fourth-order valence-corrected chi connectivity index (χ4v) is 4.94. The maximum absolute atomic E-state index is 12.7. The van der Waals surface area contributed by atoms with Crippen molar-refractivity contribution >= 4 is 17.7 Å². The van der Waals surface area contributed by atoms with Gasteiger partial charge in [0.05, 0.1) is 0 Å². The summed E-state index contributed by atoms with van der Waals surface area (Å²) in [5.41, 5.74) is 0. The summed E-state index contributed by atoms with van der Waals surface area (Å²) in [4.78, 5) is 14.9. The number of hydrogen-bond donors (Lipinski definition) is 1. The normalized spacial score (nSPS) is 34.6. The molecule has 3 nitrogen and oxygen atoms in total. The highest BCUT2D eigenvalue weighted by atomic mass is 32.2. The molecule has 2 heterocycles. The van der Waals surface area contributed by atoms with Gasteiger partial charge in [0.2, 0.25) is 5.91 Å². The molecule has 3 unspecified atom stereocenters. The molecule has 0 aromatic rings. The van der Waals surface area contributed by atoms with E-state index < -0.39 is 0 Å². The van der Waals surface area contributed by atoms with Crippen LogP contribution >= 0.6 is 11.8 Å². The Morgan fingerprint density at radius 1 is 1.33 bits per heavy atom. The Morgan fingerprint density at radius 3 is 2.83 bits per heavy atom. The highest BCUT2D eigenvalue weighted by Gasteiger charge is 2.39. The van der Waals surface area contributed by atoms with Crippen LogP contribution in [0.3, 0.4) is 0 Å². The van der Waals surface area contributed by atoms with Crippen molar-refractivity contribution in [1.29, 1.82) is 0 Å². The molecule has 1 aliphatic carbocycles. The lowest BCUT2D eigenvalue weighted by molar-refractivity contribution is -0.140. The third-order valence-corrected chi connectivity index (χ3v) is 6.32. The van der Waals surface area contributed by atoms with Crippen LogP contribution in [0.5, 0.6) is 0 Å². The van der Waals surface area contributed by atoms with Gasteiger partial charge in [0, 0.05) is 29.5 Å². The van der Waals surface area contributed by atoms with Gasteiger partial charge in [0.15, 0.2) is 0 Å². The van der Waals surface area contributed by atoms with Gasteiger partial charge in [-0.2, -0.15) is 11.8 Å². The molecule has 0 spiro atoms. The Hall–Kier alpha value is -0.220. The molecule has 4 heteroatoms. The number of rotatable bonds is 2. The quantitative estimate of drug-likeness (QED) is 0.828. The van der Waals surface area contributed by atoms with E-state index in [0.29, 0.717) is 17.9 Å². The zero-order valence-corrected chi connectivity index (χ0v) is 12.0. The Morgan fingerprint density at radius 2 is 2.11 bits per heavy atom. The van der Waals surface area contributed by atoms with Gasteiger partial charge in [-0.05, 0) is 31.8 Å². The number of fused-ring (bicyclic) bond motifs is 1. The Kier molecular flexibility index (Phi) is 3.85.